The zero-order chi connectivity index (χ0) is 14.7. The molecule has 0 bridgehead atoms. The summed E-state index contributed by atoms with van der Waals surface area (Å²) in [6.45, 7) is 8.63. The van der Waals surface area contributed by atoms with Gasteiger partial charge in [0.2, 0.25) is 5.95 Å². The quantitative estimate of drug-likeness (QED) is 0.922. The van der Waals surface area contributed by atoms with E-state index in [1.165, 1.54) is 5.56 Å². The van der Waals surface area contributed by atoms with Crippen LogP contribution in [0.5, 0.6) is 5.75 Å². The summed E-state index contributed by atoms with van der Waals surface area (Å²) in [6, 6.07) is 8.31. The molecule has 0 radical (unpaired) electrons. The lowest BCUT2D eigenvalue weighted by Gasteiger charge is -2.23. The van der Waals surface area contributed by atoms with E-state index in [4.69, 9.17) is 0 Å². The second-order valence-electron chi connectivity index (χ2n) is 5.03. The highest BCUT2D eigenvalue weighted by Crippen LogP contribution is 2.26. The van der Waals surface area contributed by atoms with Gasteiger partial charge in [-0.1, -0.05) is 24.6 Å². The van der Waals surface area contributed by atoms with Crippen LogP contribution in [0.3, 0.4) is 0 Å². The van der Waals surface area contributed by atoms with Crippen LogP contribution >= 0.6 is 0 Å². The molecule has 106 valence electrons. The summed E-state index contributed by atoms with van der Waals surface area (Å²) >= 11 is 0. The van der Waals surface area contributed by atoms with E-state index in [1.54, 1.807) is 13.8 Å². The van der Waals surface area contributed by atoms with Crippen LogP contribution in [0, 0.1) is 20.8 Å². The van der Waals surface area contributed by atoms with Crippen LogP contribution in [0.15, 0.2) is 24.3 Å². The molecule has 0 unspecified atom stereocenters. The van der Waals surface area contributed by atoms with Crippen molar-refractivity contribution in [2.75, 3.05) is 11.4 Å². The first-order chi connectivity index (χ1) is 9.52. The van der Waals surface area contributed by atoms with Gasteiger partial charge in [-0.15, -0.1) is 0 Å². The fourth-order valence-electron chi connectivity index (χ4n) is 2.11. The minimum absolute atomic E-state index is 0.175. The first-order valence-electron chi connectivity index (χ1n) is 6.91. The molecule has 1 heterocycles. The summed E-state index contributed by atoms with van der Waals surface area (Å²) in [4.78, 5) is 10.9. The fourth-order valence-corrected chi connectivity index (χ4v) is 2.11. The Kier molecular flexibility index (Phi) is 4.23. The Bertz CT molecular complexity index is 570. The lowest BCUT2D eigenvalue weighted by atomic mass is 10.2. The second kappa shape index (κ2) is 5.90. The Morgan fingerprint density at radius 2 is 1.55 bits per heavy atom. The van der Waals surface area contributed by atoms with Gasteiger partial charge in [-0.25, -0.2) is 9.97 Å². The molecule has 0 atom stereocenters. The predicted molar refractivity (Wildman–Crippen MR) is 81.6 cm³/mol. The van der Waals surface area contributed by atoms with Gasteiger partial charge < -0.3 is 10.0 Å². The fraction of sp³-hybridized carbons (Fsp3) is 0.375. The first kappa shape index (κ1) is 14.3. The lowest BCUT2D eigenvalue weighted by molar-refractivity contribution is 0.459. The molecule has 0 saturated heterocycles. The van der Waals surface area contributed by atoms with Crippen LogP contribution in [0.1, 0.15) is 30.3 Å². The molecule has 2 rings (SSSR count). The average Bonchev–Trinajstić information content (AvgIpc) is 2.43. The van der Waals surface area contributed by atoms with Gasteiger partial charge in [0.15, 0.2) is 5.75 Å². The molecular formula is C16H21N3O. The number of hydrogen-bond acceptors (Lipinski definition) is 4. The number of aromatic nitrogens is 2. The van der Waals surface area contributed by atoms with E-state index in [0.717, 1.165) is 18.7 Å². The van der Waals surface area contributed by atoms with E-state index in [9.17, 15) is 5.11 Å². The normalized spacial score (nSPS) is 10.6. The van der Waals surface area contributed by atoms with Crippen molar-refractivity contribution in [3.8, 4) is 5.75 Å². The van der Waals surface area contributed by atoms with E-state index >= 15 is 0 Å². The molecule has 0 amide bonds. The maximum absolute atomic E-state index is 9.81. The number of rotatable bonds is 4. The summed E-state index contributed by atoms with van der Waals surface area (Å²) in [5, 5.41) is 9.81. The highest BCUT2D eigenvalue weighted by atomic mass is 16.3. The van der Waals surface area contributed by atoms with E-state index in [0.29, 0.717) is 17.3 Å². The van der Waals surface area contributed by atoms with Gasteiger partial charge in [-0.2, -0.15) is 0 Å². The second-order valence-corrected chi connectivity index (χ2v) is 5.03. The Labute approximate surface area is 120 Å². The number of aromatic hydroxyl groups is 1. The van der Waals surface area contributed by atoms with Crippen LogP contribution in [0.4, 0.5) is 11.6 Å². The molecule has 1 aromatic carbocycles. The summed E-state index contributed by atoms with van der Waals surface area (Å²) in [6.07, 6.45) is 0.996. The van der Waals surface area contributed by atoms with Crippen LogP contribution < -0.4 is 4.90 Å². The number of hydrogen-bond donors (Lipinski definition) is 1. The summed E-state index contributed by atoms with van der Waals surface area (Å²) in [5.41, 5.74) is 3.52. The van der Waals surface area contributed by atoms with Gasteiger partial charge in [0.05, 0.1) is 11.4 Å². The zero-order valence-electron chi connectivity index (χ0n) is 12.5. The van der Waals surface area contributed by atoms with Crippen LogP contribution in [0.25, 0.3) is 0 Å². The third kappa shape index (κ3) is 2.90. The lowest BCUT2D eigenvalue weighted by Crippen LogP contribution is -2.21. The number of nitrogens with zero attached hydrogens (tertiary/aromatic N) is 3. The van der Waals surface area contributed by atoms with Crippen molar-refractivity contribution in [2.24, 2.45) is 0 Å². The monoisotopic (exact) mass is 271 g/mol. The first-order valence-corrected chi connectivity index (χ1v) is 6.91. The van der Waals surface area contributed by atoms with Crippen molar-refractivity contribution in [3.63, 3.8) is 0 Å². The molecule has 0 aliphatic carbocycles. The van der Waals surface area contributed by atoms with Crippen molar-refractivity contribution >= 4 is 11.6 Å². The number of anilines is 2. The maximum Gasteiger partial charge on any atom is 0.230 e. The Morgan fingerprint density at radius 1 is 1.00 bits per heavy atom. The molecule has 0 aliphatic rings. The molecule has 0 saturated carbocycles. The average molecular weight is 271 g/mol. The highest BCUT2D eigenvalue weighted by molar-refractivity contribution is 5.58. The molecule has 1 aromatic heterocycles. The van der Waals surface area contributed by atoms with Gasteiger partial charge in [0.25, 0.3) is 0 Å². The molecule has 20 heavy (non-hydrogen) atoms. The van der Waals surface area contributed by atoms with Crippen molar-refractivity contribution < 1.29 is 5.11 Å². The molecule has 1 N–H and O–H groups in total. The molecule has 0 spiro atoms. The van der Waals surface area contributed by atoms with E-state index in [2.05, 4.69) is 53.0 Å². The smallest absolute Gasteiger partial charge is 0.230 e. The van der Waals surface area contributed by atoms with Crippen LogP contribution in [-0.2, 0) is 0 Å². The SMILES string of the molecule is CCCN(c1ccc(C)cc1)c1nc(C)c(O)c(C)n1. The van der Waals surface area contributed by atoms with E-state index in [-0.39, 0.29) is 5.75 Å². The standard InChI is InChI=1S/C16H21N3O/c1-5-10-19(14-8-6-11(2)7-9-14)16-17-12(3)15(20)13(4)18-16/h6-9,20H,5,10H2,1-4H3. The minimum Gasteiger partial charge on any atom is -0.504 e. The van der Waals surface area contributed by atoms with Gasteiger partial charge in [0, 0.05) is 12.2 Å². The maximum atomic E-state index is 9.81. The largest absolute Gasteiger partial charge is 0.504 e. The Balaban J connectivity index is 2.45. The summed E-state index contributed by atoms with van der Waals surface area (Å²) in [5.74, 6) is 0.817. The third-order valence-electron chi connectivity index (χ3n) is 3.26. The van der Waals surface area contributed by atoms with Gasteiger partial charge in [-0.05, 0) is 39.3 Å². The Hall–Kier alpha value is -2.10. The van der Waals surface area contributed by atoms with Crippen molar-refractivity contribution in [1.29, 1.82) is 0 Å². The van der Waals surface area contributed by atoms with Crippen molar-refractivity contribution in [3.05, 3.63) is 41.2 Å². The van der Waals surface area contributed by atoms with Crippen LogP contribution in [0.2, 0.25) is 0 Å². The van der Waals surface area contributed by atoms with Gasteiger partial charge in [0.1, 0.15) is 0 Å². The molecule has 0 fully saturated rings. The zero-order valence-corrected chi connectivity index (χ0v) is 12.5. The third-order valence-corrected chi connectivity index (χ3v) is 3.26. The minimum atomic E-state index is 0.175. The molecule has 4 heteroatoms. The molecule has 0 aliphatic heterocycles. The summed E-state index contributed by atoms with van der Waals surface area (Å²) < 4.78 is 0. The van der Waals surface area contributed by atoms with Gasteiger partial charge >= 0.3 is 0 Å². The molecular weight excluding hydrogens is 250 g/mol. The number of aryl methyl sites for hydroxylation is 3. The van der Waals surface area contributed by atoms with Gasteiger partial charge in [-0.3, -0.25) is 0 Å². The Morgan fingerprint density at radius 3 is 2.05 bits per heavy atom. The topological polar surface area (TPSA) is 49.2 Å². The molecule has 2 aromatic rings. The van der Waals surface area contributed by atoms with E-state index in [1.807, 2.05) is 0 Å². The molecule has 4 nitrogen and oxygen atoms in total. The predicted octanol–water partition coefficient (Wildman–Crippen LogP) is 3.66. The van der Waals surface area contributed by atoms with Crippen molar-refractivity contribution in [2.45, 2.75) is 34.1 Å². The van der Waals surface area contributed by atoms with Crippen molar-refractivity contribution in [1.82, 2.24) is 9.97 Å². The summed E-state index contributed by atoms with van der Waals surface area (Å²) in [7, 11) is 0. The van der Waals surface area contributed by atoms with E-state index < -0.39 is 0 Å². The van der Waals surface area contributed by atoms with Crippen LogP contribution in [-0.4, -0.2) is 21.6 Å². The number of benzene rings is 1. The highest BCUT2D eigenvalue weighted by Gasteiger charge is 2.14.